The highest BCUT2D eigenvalue weighted by atomic mass is 16.3. The summed E-state index contributed by atoms with van der Waals surface area (Å²) in [6, 6.07) is 10.6. The van der Waals surface area contributed by atoms with E-state index in [1.54, 1.807) is 0 Å². The Morgan fingerprint density at radius 3 is 2.70 bits per heavy atom. The van der Waals surface area contributed by atoms with Crippen LogP contribution in [0, 0.1) is 18.3 Å². The maximum Gasteiger partial charge on any atom is 0.291 e. The van der Waals surface area contributed by atoms with Gasteiger partial charge in [0.25, 0.3) is 5.91 Å². The second-order valence-corrected chi connectivity index (χ2v) is 8.40. The number of fused-ring (bicyclic) bond motifs is 1. The molecule has 1 amide bonds. The van der Waals surface area contributed by atoms with Crippen LogP contribution in [0.3, 0.4) is 0 Å². The van der Waals surface area contributed by atoms with Crippen molar-refractivity contribution in [1.82, 2.24) is 19.7 Å². The number of oxazole rings is 1. The number of aromatic nitrogens is 1. The molecular weight excluding hydrogens is 340 g/mol. The van der Waals surface area contributed by atoms with Crippen LogP contribution in [0.25, 0.3) is 0 Å². The number of nitrogens with zero attached hydrogens (tertiary/aromatic N) is 4. The zero-order chi connectivity index (χ0) is 19.0. The van der Waals surface area contributed by atoms with E-state index in [0.29, 0.717) is 17.4 Å². The summed E-state index contributed by atoms with van der Waals surface area (Å²) in [5.41, 5.74) is 2.13. The SMILES string of the molecule is Cc1ncoc1C(=O)N1C[C@H]2CN(Cc3ccccc3)C[C@@]2(CN(C)C)C1. The second-order valence-electron chi connectivity index (χ2n) is 8.40. The summed E-state index contributed by atoms with van der Waals surface area (Å²) in [5.74, 6) is 0.846. The van der Waals surface area contributed by atoms with Crippen molar-refractivity contribution in [2.24, 2.45) is 11.3 Å². The van der Waals surface area contributed by atoms with Crippen molar-refractivity contribution in [2.75, 3.05) is 46.8 Å². The molecule has 0 aliphatic carbocycles. The number of benzene rings is 1. The molecule has 2 aromatic rings. The number of carbonyl (C=O) groups excluding carboxylic acids is 1. The number of hydrogen-bond donors (Lipinski definition) is 0. The first-order valence-corrected chi connectivity index (χ1v) is 9.57. The summed E-state index contributed by atoms with van der Waals surface area (Å²) >= 11 is 0. The number of likely N-dealkylation sites (tertiary alicyclic amines) is 2. The quantitative estimate of drug-likeness (QED) is 0.809. The van der Waals surface area contributed by atoms with E-state index in [1.807, 2.05) is 11.8 Å². The lowest BCUT2D eigenvalue weighted by atomic mass is 9.80. The van der Waals surface area contributed by atoms with Crippen LogP contribution in [0.5, 0.6) is 0 Å². The lowest BCUT2D eigenvalue weighted by Crippen LogP contribution is -2.42. The van der Waals surface area contributed by atoms with Gasteiger partial charge in [-0.3, -0.25) is 9.69 Å². The molecule has 0 bridgehead atoms. The molecule has 3 heterocycles. The summed E-state index contributed by atoms with van der Waals surface area (Å²) in [7, 11) is 4.24. The van der Waals surface area contributed by atoms with Crippen LogP contribution in [0.2, 0.25) is 0 Å². The van der Waals surface area contributed by atoms with Gasteiger partial charge in [-0.25, -0.2) is 4.98 Å². The maximum absolute atomic E-state index is 12.9. The number of hydrogen-bond acceptors (Lipinski definition) is 5. The third kappa shape index (κ3) is 3.51. The van der Waals surface area contributed by atoms with Crippen LogP contribution in [-0.4, -0.2) is 72.4 Å². The Morgan fingerprint density at radius 1 is 1.26 bits per heavy atom. The number of aryl methyl sites for hydroxylation is 1. The first-order valence-electron chi connectivity index (χ1n) is 9.57. The fourth-order valence-corrected chi connectivity index (χ4v) is 4.91. The first kappa shape index (κ1) is 18.2. The number of carbonyl (C=O) groups is 1. The van der Waals surface area contributed by atoms with E-state index in [1.165, 1.54) is 12.0 Å². The van der Waals surface area contributed by atoms with E-state index >= 15 is 0 Å². The Balaban J connectivity index is 1.50. The predicted molar refractivity (Wildman–Crippen MR) is 103 cm³/mol. The molecule has 4 rings (SSSR count). The summed E-state index contributed by atoms with van der Waals surface area (Å²) in [6.07, 6.45) is 1.36. The van der Waals surface area contributed by atoms with Crippen molar-refractivity contribution in [2.45, 2.75) is 13.5 Å². The van der Waals surface area contributed by atoms with Crippen LogP contribution in [0.1, 0.15) is 21.8 Å². The maximum atomic E-state index is 12.9. The molecule has 2 aliphatic heterocycles. The van der Waals surface area contributed by atoms with Gasteiger partial charge in [-0.2, -0.15) is 0 Å². The molecule has 1 aromatic carbocycles. The van der Waals surface area contributed by atoms with Crippen LogP contribution in [-0.2, 0) is 6.54 Å². The zero-order valence-corrected chi connectivity index (χ0v) is 16.4. The molecule has 0 unspecified atom stereocenters. The highest BCUT2D eigenvalue weighted by molar-refractivity contribution is 5.92. The number of rotatable bonds is 5. The lowest BCUT2D eigenvalue weighted by Gasteiger charge is -2.32. The molecule has 0 spiro atoms. The van der Waals surface area contributed by atoms with Crippen molar-refractivity contribution in [3.63, 3.8) is 0 Å². The summed E-state index contributed by atoms with van der Waals surface area (Å²) in [5, 5.41) is 0. The van der Waals surface area contributed by atoms with E-state index in [4.69, 9.17) is 4.42 Å². The Kier molecular flexibility index (Phi) is 4.78. The van der Waals surface area contributed by atoms with Gasteiger partial charge in [0, 0.05) is 44.7 Å². The topological polar surface area (TPSA) is 52.8 Å². The van der Waals surface area contributed by atoms with Gasteiger partial charge in [0.05, 0.1) is 5.69 Å². The molecular formula is C21H28N4O2. The van der Waals surface area contributed by atoms with Crippen molar-refractivity contribution < 1.29 is 9.21 Å². The van der Waals surface area contributed by atoms with Crippen LogP contribution in [0.4, 0.5) is 0 Å². The normalized spacial score (nSPS) is 25.3. The molecule has 144 valence electrons. The molecule has 6 nitrogen and oxygen atoms in total. The highest BCUT2D eigenvalue weighted by Crippen LogP contribution is 2.43. The van der Waals surface area contributed by atoms with E-state index in [9.17, 15) is 4.79 Å². The van der Waals surface area contributed by atoms with Crippen molar-refractivity contribution in [3.05, 3.63) is 53.7 Å². The average Bonchev–Trinajstić information content (AvgIpc) is 3.26. The van der Waals surface area contributed by atoms with Crippen LogP contribution in [0.15, 0.2) is 41.1 Å². The van der Waals surface area contributed by atoms with Crippen molar-refractivity contribution in [1.29, 1.82) is 0 Å². The van der Waals surface area contributed by atoms with Gasteiger partial charge in [0.1, 0.15) is 0 Å². The molecule has 2 fully saturated rings. The van der Waals surface area contributed by atoms with Gasteiger partial charge in [-0.15, -0.1) is 0 Å². The van der Waals surface area contributed by atoms with Gasteiger partial charge in [0.15, 0.2) is 6.39 Å². The monoisotopic (exact) mass is 368 g/mol. The van der Waals surface area contributed by atoms with Gasteiger partial charge in [0.2, 0.25) is 5.76 Å². The Labute approximate surface area is 160 Å². The molecule has 0 N–H and O–H groups in total. The average molecular weight is 368 g/mol. The van der Waals surface area contributed by atoms with Gasteiger partial charge >= 0.3 is 0 Å². The van der Waals surface area contributed by atoms with Gasteiger partial charge in [-0.1, -0.05) is 30.3 Å². The molecule has 2 saturated heterocycles. The minimum Gasteiger partial charge on any atom is -0.438 e. The van der Waals surface area contributed by atoms with Crippen molar-refractivity contribution in [3.8, 4) is 0 Å². The fourth-order valence-electron chi connectivity index (χ4n) is 4.91. The molecule has 2 aliphatic rings. The van der Waals surface area contributed by atoms with Crippen molar-refractivity contribution >= 4 is 5.91 Å². The zero-order valence-electron chi connectivity index (χ0n) is 16.4. The fraction of sp³-hybridized carbons (Fsp3) is 0.524. The Hall–Kier alpha value is -2.18. The molecule has 2 atom stereocenters. The van der Waals surface area contributed by atoms with Gasteiger partial charge < -0.3 is 14.2 Å². The first-order chi connectivity index (χ1) is 13.0. The van der Waals surface area contributed by atoms with E-state index in [2.05, 4.69) is 59.2 Å². The molecule has 1 aromatic heterocycles. The van der Waals surface area contributed by atoms with Crippen LogP contribution >= 0.6 is 0 Å². The predicted octanol–water partition coefficient (Wildman–Crippen LogP) is 2.12. The minimum absolute atomic E-state index is 0.0212. The summed E-state index contributed by atoms with van der Waals surface area (Å²) in [6.45, 7) is 7.40. The molecule has 27 heavy (non-hydrogen) atoms. The van der Waals surface area contributed by atoms with Gasteiger partial charge in [-0.05, 0) is 32.5 Å². The Bertz CT molecular complexity index is 804. The standard InChI is InChI=1S/C21H28N4O2/c1-16-19(27-15-22-16)20(26)25-11-18-10-24(9-17-7-5-4-6-8-17)13-21(18,14-25)12-23(2)3/h4-8,15,18H,9-14H2,1-3H3/t18-,21+/m1/s1. The smallest absolute Gasteiger partial charge is 0.291 e. The highest BCUT2D eigenvalue weighted by Gasteiger charge is 2.53. The molecule has 6 heteroatoms. The summed E-state index contributed by atoms with van der Waals surface area (Å²) in [4.78, 5) is 23.8. The second kappa shape index (κ2) is 7.09. The molecule has 0 radical (unpaired) electrons. The van der Waals surface area contributed by atoms with E-state index in [0.717, 1.165) is 39.3 Å². The third-order valence-electron chi connectivity index (χ3n) is 5.94. The molecule has 0 saturated carbocycles. The number of amides is 1. The lowest BCUT2D eigenvalue weighted by molar-refractivity contribution is 0.0716. The van der Waals surface area contributed by atoms with E-state index < -0.39 is 0 Å². The van der Waals surface area contributed by atoms with E-state index in [-0.39, 0.29) is 11.3 Å². The largest absolute Gasteiger partial charge is 0.438 e. The third-order valence-corrected chi connectivity index (χ3v) is 5.94. The van der Waals surface area contributed by atoms with Crippen LogP contribution < -0.4 is 0 Å². The Morgan fingerprint density at radius 2 is 2.04 bits per heavy atom. The summed E-state index contributed by atoms with van der Waals surface area (Å²) < 4.78 is 5.35. The minimum atomic E-state index is -0.0212.